The molecule has 3 nitrogen and oxygen atoms in total. The smallest absolute Gasteiger partial charge is 0.230 e. The average molecular weight is 333 g/mol. The van der Waals surface area contributed by atoms with Crippen molar-refractivity contribution in [3.05, 3.63) is 33.8 Å². The minimum atomic E-state index is 0.104. The van der Waals surface area contributed by atoms with Crippen LogP contribution in [0, 0.1) is 0 Å². The van der Waals surface area contributed by atoms with Gasteiger partial charge in [-0.25, -0.2) is 0 Å². The van der Waals surface area contributed by atoms with Gasteiger partial charge in [0.05, 0.1) is 5.75 Å². The molecule has 6 heteroatoms. The molecule has 20 heavy (non-hydrogen) atoms. The van der Waals surface area contributed by atoms with E-state index in [-0.39, 0.29) is 5.91 Å². The van der Waals surface area contributed by atoms with Crippen LogP contribution >= 0.6 is 35.0 Å². The number of hydrogen-bond donors (Lipinski definition) is 2. The third kappa shape index (κ3) is 5.17. The molecule has 0 unspecified atom stereocenters. The molecule has 1 aliphatic rings. The second-order valence-electron chi connectivity index (χ2n) is 4.82. The van der Waals surface area contributed by atoms with E-state index in [1.165, 1.54) is 0 Å². The van der Waals surface area contributed by atoms with E-state index in [1.807, 2.05) is 12.1 Å². The van der Waals surface area contributed by atoms with Crippen molar-refractivity contribution in [2.45, 2.75) is 24.6 Å². The van der Waals surface area contributed by atoms with Crippen LogP contribution in [-0.4, -0.2) is 30.8 Å². The summed E-state index contributed by atoms with van der Waals surface area (Å²) in [6, 6.07) is 5.78. The summed E-state index contributed by atoms with van der Waals surface area (Å²) in [5, 5.41) is 7.64. The summed E-state index contributed by atoms with van der Waals surface area (Å²) in [6.07, 6.45) is 2.03. The lowest BCUT2D eigenvalue weighted by Crippen LogP contribution is -2.43. The number of benzene rings is 1. The van der Waals surface area contributed by atoms with Crippen LogP contribution in [0.2, 0.25) is 10.0 Å². The van der Waals surface area contributed by atoms with Gasteiger partial charge in [0, 0.05) is 21.8 Å². The Morgan fingerprint density at radius 1 is 1.35 bits per heavy atom. The molecule has 110 valence electrons. The van der Waals surface area contributed by atoms with Crippen molar-refractivity contribution in [2.24, 2.45) is 0 Å². The van der Waals surface area contributed by atoms with Crippen LogP contribution in [0.1, 0.15) is 18.4 Å². The van der Waals surface area contributed by atoms with Crippen molar-refractivity contribution in [1.82, 2.24) is 10.6 Å². The number of carbonyl (C=O) groups excluding carboxylic acids is 1. The van der Waals surface area contributed by atoms with Gasteiger partial charge < -0.3 is 10.6 Å². The van der Waals surface area contributed by atoms with Gasteiger partial charge in [-0.3, -0.25) is 4.79 Å². The first-order valence-electron chi connectivity index (χ1n) is 6.67. The van der Waals surface area contributed by atoms with Crippen LogP contribution in [0.4, 0.5) is 0 Å². The summed E-state index contributed by atoms with van der Waals surface area (Å²) < 4.78 is 0. The number of nitrogens with one attached hydrogen (secondary N) is 2. The molecule has 1 aromatic rings. The maximum Gasteiger partial charge on any atom is 0.230 e. The monoisotopic (exact) mass is 332 g/mol. The Morgan fingerprint density at radius 3 is 2.80 bits per heavy atom. The number of rotatable bonds is 5. The molecule has 1 aliphatic heterocycles. The number of amides is 1. The zero-order chi connectivity index (χ0) is 14.4. The number of halogens is 2. The van der Waals surface area contributed by atoms with E-state index in [2.05, 4.69) is 10.6 Å². The minimum Gasteiger partial charge on any atom is -0.353 e. The fraction of sp³-hybridized carbons (Fsp3) is 0.500. The predicted molar refractivity (Wildman–Crippen MR) is 86.7 cm³/mol. The highest BCUT2D eigenvalue weighted by atomic mass is 35.5. The summed E-state index contributed by atoms with van der Waals surface area (Å²) in [5.41, 5.74) is 1.01. The van der Waals surface area contributed by atoms with E-state index in [1.54, 1.807) is 17.8 Å². The third-order valence-electron chi connectivity index (χ3n) is 3.21. The molecule has 0 saturated carbocycles. The lowest BCUT2D eigenvalue weighted by Gasteiger charge is -2.23. The normalized spacial score (nSPS) is 16.1. The summed E-state index contributed by atoms with van der Waals surface area (Å²) in [6.45, 7) is 1.97. The fourth-order valence-electron chi connectivity index (χ4n) is 2.13. The van der Waals surface area contributed by atoms with Crippen LogP contribution in [-0.2, 0) is 10.5 Å². The van der Waals surface area contributed by atoms with Gasteiger partial charge in [-0.1, -0.05) is 29.3 Å². The summed E-state index contributed by atoms with van der Waals surface area (Å²) in [4.78, 5) is 11.8. The molecule has 1 saturated heterocycles. The Bertz CT molecular complexity index is 464. The maximum absolute atomic E-state index is 11.8. The van der Waals surface area contributed by atoms with Gasteiger partial charge in [0.15, 0.2) is 0 Å². The van der Waals surface area contributed by atoms with Crippen LogP contribution in [0.15, 0.2) is 18.2 Å². The van der Waals surface area contributed by atoms with E-state index < -0.39 is 0 Å². The SMILES string of the molecule is O=C(CSCc1ccc(Cl)cc1Cl)NC1CCNCC1. The Morgan fingerprint density at radius 2 is 2.10 bits per heavy atom. The highest BCUT2D eigenvalue weighted by molar-refractivity contribution is 7.99. The van der Waals surface area contributed by atoms with E-state index >= 15 is 0 Å². The van der Waals surface area contributed by atoms with Gasteiger partial charge in [-0.15, -0.1) is 11.8 Å². The maximum atomic E-state index is 11.8. The fourth-order valence-corrected chi connectivity index (χ4v) is 3.52. The molecule has 0 bridgehead atoms. The molecular formula is C14H18Cl2N2OS. The zero-order valence-corrected chi connectivity index (χ0v) is 13.5. The van der Waals surface area contributed by atoms with Gasteiger partial charge in [-0.2, -0.15) is 0 Å². The average Bonchev–Trinajstić information content (AvgIpc) is 2.42. The minimum absolute atomic E-state index is 0.104. The molecule has 1 heterocycles. The van der Waals surface area contributed by atoms with Crippen molar-refractivity contribution < 1.29 is 4.79 Å². The second kappa shape index (κ2) is 8.13. The van der Waals surface area contributed by atoms with Crippen molar-refractivity contribution >= 4 is 40.9 Å². The molecule has 0 aliphatic carbocycles. The van der Waals surface area contributed by atoms with Crippen LogP contribution in [0.25, 0.3) is 0 Å². The van der Waals surface area contributed by atoms with E-state index in [0.29, 0.717) is 21.8 Å². The predicted octanol–water partition coefficient (Wildman–Crippen LogP) is 3.09. The molecule has 1 aromatic carbocycles. The first-order valence-corrected chi connectivity index (χ1v) is 8.58. The van der Waals surface area contributed by atoms with Crippen LogP contribution < -0.4 is 10.6 Å². The standard InChI is InChI=1S/C14H18Cl2N2OS/c15-11-2-1-10(13(16)7-11)8-20-9-14(19)18-12-3-5-17-6-4-12/h1-2,7,12,17H,3-6,8-9H2,(H,18,19). The van der Waals surface area contributed by atoms with Gasteiger partial charge in [0.1, 0.15) is 0 Å². The van der Waals surface area contributed by atoms with Crippen molar-refractivity contribution in [1.29, 1.82) is 0 Å². The highest BCUT2D eigenvalue weighted by Gasteiger charge is 2.15. The van der Waals surface area contributed by atoms with E-state index in [9.17, 15) is 4.79 Å². The molecule has 2 rings (SSSR count). The molecule has 1 amide bonds. The number of thioether (sulfide) groups is 1. The topological polar surface area (TPSA) is 41.1 Å². The highest BCUT2D eigenvalue weighted by Crippen LogP contribution is 2.24. The largest absolute Gasteiger partial charge is 0.353 e. The van der Waals surface area contributed by atoms with Crippen molar-refractivity contribution in [3.63, 3.8) is 0 Å². The van der Waals surface area contributed by atoms with Crippen LogP contribution in [0.3, 0.4) is 0 Å². The summed E-state index contributed by atoms with van der Waals surface area (Å²) in [7, 11) is 0. The molecule has 2 N–H and O–H groups in total. The summed E-state index contributed by atoms with van der Waals surface area (Å²) >= 11 is 13.5. The Labute approximate surface area is 133 Å². The Balaban J connectivity index is 1.70. The molecule has 0 spiro atoms. The number of piperidine rings is 1. The van der Waals surface area contributed by atoms with Gasteiger partial charge in [0.25, 0.3) is 0 Å². The number of carbonyl (C=O) groups is 1. The molecule has 1 fully saturated rings. The second-order valence-corrected chi connectivity index (χ2v) is 6.65. The Hall–Kier alpha value is -0.420. The van der Waals surface area contributed by atoms with Gasteiger partial charge in [-0.05, 0) is 43.6 Å². The van der Waals surface area contributed by atoms with Gasteiger partial charge in [0.2, 0.25) is 5.91 Å². The first kappa shape index (κ1) is 16.0. The van der Waals surface area contributed by atoms with Crippen molar-refractivity contribution in [2.75, 3.05) is 18.8 Å². The molecule has 0 radical (unpaired) electrons. The molecule has 0 atom stereocenters. The van der Waals surface area contributed by atoms with E-state index in [0.717, 1.165) is 37.2 Å². The van der Waals surface area contributed by atoms with Crippen LogP contribution in [0.5, 0.6) is 0 Å². The zero-order valence-electron chi connectivity index (χ0n) is 11.1. The molecular weight excluding hydrogens is 315 g/mol. The summed E-state index contributed by atoms with van der Waals surface area (Å²) in [5.74, 6) is 1.28. The molecule has 0 aromatic heterocycles. The van der Waals surface area contributed by atoms with Gasteiger partial charge >= 0.3 is 0 Å². The number of hydrogen-bond acceptors (Lipinski definition) is 3. The Kier molecular flexibility index (Phi) is 6.49. The lowest BCUT2D eigenvalue weighted by atomic mass is 10.1. The first-order chi connectivity index (χ1) is 9.65. The van der Waals surface area contributed by atoms with E-state index in [4.69, 9.17) is 23.2 Å². The quantitative estimate of drug-likeness (QED) is 0.870. The third-order valence-corrected chi connectivity index (χ3v) is 4.78. The van der Waals surface area contributed by atoms with Crippen molar-refractivity contribution in [3.8, 4) is 0 Å². The lowest BCUT2D eigenvalue weighted by molar-refractivity contribution is -0.119.